The highest BCUT2D eigenvalue weighted by Crippen LogP contribution is 2.34. The Balaban J connectivity index is 1.74. The predicted octanol–water partition coefficient (Wildman–Crippen LogP) is 3.48. The molecule has 0 N–H and O–H groups in total. The fourth-order valence-electron chi connectivity index (χ4n) is 3.81. The molecular weight excluding hydrogens is 334 g/mol. The van der Waals surface area contributed by atoms with Crippen molar-refractivity contribution in [2.75, 3.05) is 10.8 Å². The molecule has 2 aromatic rings. The Morgan fingerprint density at radius 1 is 1.08 bits per heavy atom. The molecule has 4 rings (SSSR count). The van der Waals surface area contributed by atoms with Crippen molar-refractivity contribution >= 4 is 15.7 Å². The van der Waals surface area contributed by atoms with Gasteiger partial charge in [-0.15, -0.1) is 0 Å². The van der Waals surface area contributed by atoms with Gasteiger partial charge in [-0.1, -0.05) is 26.0 Å². The third kappa shape index (κ3) is 2.86. The van der Waals surface area contributed by atoms with Gasteiger partial charge in [-0.3, -0.25) is 4.31 Å². The minimum Gasteiger partial charge on any atom is -0.333 e. The summed E-state index contributed by atoms with van der Waals surface area (Å²) in [6.07, 6.45) is 6.54. The van der Waals surface area contributed by atoms with Gasteiger partial charge >= 0.3 is 0 Å². The van der Waals surface area contributed by atoms with E-state index in [0.29, 0.717) is 12.5 Å². The van der Waals surface area contributed by atoms with Crippen LogP contribution in [0.5, 0.6) is 0 Å². The van der Waals surface area contributed by atoms with Crippen molar-refractivity contribution in [2.24, 2.45) is 0 Å². The molecule has 0 saturated heterocycles. The van der Waals surface area contributed by atoms with E-state index in [1.807, 2.05) is 10.6 Å². The van der Waals surface area contributed by atoms with Gasteiger partial charge in [-0.2, -0.15) is 8.42 Å². The molecule has 0 spiro atoms. The van der Waals surface area contributed by atoms with E-state index in [-0.39, 0.29) is 5.03 Å². The van der Waals surface area contributed by atoms with E-state index in [9.17, 15) is 8.42 Å². The number of fused-ring (bicyclic) bond motifs is 2. The summed E-state index contributed by atoms with van der Waals surface area (Å²) >= 11 is 0. The van der Waals surface area contributed by atoms with Crippen LogP contribution in [0.1, 0.15) is 56.0 Å². The van der Waals surface area contributed by atoms with Crippen molar-refractivity contribution in [1.29, 1.82) is 0 Å². The smallest absolute Gasteiger partial charge is 0.283 e. The minimum atomic E-state index is -3.60. The lowest BCUT2D eigenvalue weighted by Gasteiger charge is -2.30. The molecule has 25 heavy (non-hydrogen) atoms. The quantitative estimate of drug-likeness (QED) is 0.843. The van der Waals surface area contributed by atoms with Crippen LogP contribution in [0.15, 0.2) is 29.4 Å². The molecule has 134 valence electrons. The molecule has 0 saturated carbocycles. The minimum absolute atomic E-state index is 0.199. The van der Waals surface area contributed by atoms with Gasteiger partial charge in [0.05, 0.1) is 5.69 Å². The molecule has 5 nitrogen and oxygen atoms in total. The Bertz CT molecular complexity index is 876. The van der Waals surface area contributed by atoms with Crippen molar-refractivity contribution in [2.45, 2.75) is 63.4 Å². The van der Waals surface area contributed by atoms with Crippen LogP contribution >= 0.6 is 0 Å². The van der Waals surface area contributed by atoms with Gasteiger partial charge in [0.15, 0.2) is 5.03 Å². The lowest BCUT2D eigenvalue weighted by molar-refractivity contribution is 0.522. The Hall–Kier alpha value is -1.82. The van der Waals surface area contributed by atoms with E-state index >= 15 is 0 Å². The molecule has 0 atom stereocenters. The van der Waals surface area contributed by atoms with Crippen LogP contribution in [0.4, 0.5) is 5.69 Å². The third-order valence-corrected chi connectivity index (χ3v) is 6.97. The average molecular weight is 359 g/mol. The van der Waals surface area contributed by atoms with E-state index in [2.05, 4.69) is 31.0 Å². The number of nitrogens with zero attached hydrogens (tertiary/aromatic N) is 3. The van der Waals surface area contributed by atoms with Crippen LogP contribution in [-0.2, 0) is 29.4 Å². The van der Waals surface area contributed by atoms with Gasteiger partial charge in [-0.25, -0.2) is 4.98 Å². The lowest BCUT2D eigenvalue weighted by atomic mass is 9.96. The third-order valence-electron chi connectivity index (χ3n) is 5.29. The first-order valence-electron chi connectivity index (χ1n) is 9.18. The summed E-state index contributed by atoms with van der Waals surface area (Å²) < 4.78 is 30.0. The number of imidazole rings is 1. The normalized spacial score (nSPS) is 17.5. The van der Waals surface area contributed by atoms with Crippen molar-refractivity contribution in [3.05, 3.63) is 41.3 Å². The molecule has 6 heteroatoms. The first kappa shape index (κ1) is 16.6. The fraction of sp³-hybridized carbons (Fsp3) is 0.526. The second-order valence-corrected chi connectivity index (χ2v) is 9.18. The van der Waals surface area contributed by atoms with Crippen LogP contribution in [0.25, 0.3) is 0 Å². The number of benzene rings is 1. The number of hydrogen-bond acceptors (Lipinski definition) is 3. The number of anilines is 1. The molecule has 0 amide bonds. The summed E-state index contributed by atoms with van der Waals surface area (Å²) in [5, 5.41) is 0.199. The number of hydrogen-bond donors (Lipinski definition) is 0. The summed E-state index contributed by atoms with van der Waals surface area (Å²) in [6.45, 7) is 5.72. The highest BCUT2D eigenvalue weighted by Gasteiger charge is 2.32. The van der Waals surface area contributed by atoms with Crippen molar-refractivity contribution in [3.8, 4) is 0 Å². The van der Waals surface area contributed by atoms with Gasteiger partial charge in [0.2, 0.25) is 0 Å². The largest absolute Gasteiger partial charge is 0.333 e. The van der Waals surface area contributed by atoms with E-state index in [1.165, 1.54) is 5.56 Å². The summed E-state index contributed by atoms with van der Waals surface area (Å²) in [4.78, 5) is 4.45. The first-order valence-corrected chi connectivity index (χ1v) is 10.6. The molecule has 0 radical (unpaired) electrons. The van der Waals surface area contributed by atoms with Gasteiger partial charge in [-0.05, 0) is 48.8 Å². The topological polar surface area (TPSA) is 55.2 Å². The Labute approximate surface area is 149 Å². The molecule has 2 aliphatic rings. The maximum absolute atomic E-state index is 13.2. The summed E-state index contributed by atoms with van der Waals surface area (Å²) in [5.41, 5.74) is 3.21. The van der Waals surface area contributed by atoms with E-state index in [0.717, 1.165) is 55.7 Å². The van der Waals surface area contributed by atoms with E-state index < -0.39 is 10.0 Å². The maximum atomic E-state index is 13.2. The molecule has 0 bridgehead atoms. The van der Waals surface area contributed by atoms with E-state index in [4.69, 9.17) is 0 Å². The van der Waals surface area contributed by atoms with Gasteiger partial charge in [0, 0.05) is 25.7 Å². The highest BCUT2D eigenvalue weighted by molar-refractivity contribution is 7.92. The summed E-state index contributed by atoms with van der Waals surface area (Å²) in [6, 6.07) is 6.19. The molecular formula is C19H25N3O2S. The second-order valence-electron chi connectivity index (χ2n) is 7.37. The maximum Gasteiger partial charge on any atom is 0.283 e. The van der Waals surface area contributed by atoms with Gasteiger partial charge in [0.25, 0.3) is 10.0 Å². The SMILES string of the molecule is CC(C)c1ccc2c(c1)CCCN2S(=O)(=O)c1cn2c(n1)CCCC2. The van der Waals surface area contributed by atoms with Crippen LogP contribution < -0.4 is 4.31 Å². The zero-order valence-electron chi connectivity index (χ0n) is 14.9. The summed E-state index contributed by atoms with van der Waals surface area (Å²) in [7, 11) is -3.60. The standard InChI is InChI=1S/C19H25N3O2S/c1-14(2)15-8-9-17-16(12-15)6-5-11-22(17)25(23,24)19-13-21-10-4-3-7-18(21)20-19/h8-9,12-14H,3-7,10-11H2,1-2H3. The predicted molar refractivity (Wildman–Crippen MR) is 98.5 cm³/mol. The number of aryl methyl sites for hydroxylation is 3. The average Bonchev–Trinajstić information content (AvgIpc) is 3.05. The van der Waals surface area contributed by atoms with Crippen LogP contribution in [0.2, 0.25) is 0 Å². The Morgan fingerprint density at radius 2 is 1.92 bits per heavy atom. The fourth-order valence-corrected chi connectivity index (χ4v) is 5.33. The van der Waals surface area contributed by atoms with Crippen molar-refractivity contribution in [3.63, 3.8) is 0 Å². The summed E-state index contributed by atoms with van der Waals surface area (Å²) in [5.74, 6) is 1.34. The Morgan fingerprint density at radius 3 is 2.68 bits per heavy atom. The van der Waals surface area contributed by atoms with Crippen molar-refractivity contribution in [1.82, 2.24) is 9.55 Å². The molecule has 0 fully saturated rings. The Kier molecular flexibility index (Phi) is 4.10. The number of aromatic nitrogens is 2. The molecule has 1 aromatic carbocycles. The second kappa shape index (κ2) is 6.16. The van der Waals surface area contributed by atoms with Gasteiger partial charge in [0.1, 0.15) is 5.82 Å². The molecule has 2 aliphatic heterocycles. The number of sulfonamides is 1. The van der Waals surface area contributed by atoms with Crippen molar-refractivity contribution < 1.29 is 8.42 Å². The monoisotopic (exact) mass is 359 g/mol. The molecule has 0 unspecified atom stereocenters. The number of rotatable bonds is 3. The van der Waals surface area contributed by atoms with E-state index in [1.54, 1.807) is 10.5 Å². The van der Waals surface area contributed by atoms with Gasteiger partial charge < -0.3 is 4.57 Å². The molecule has 0 aliphatic carbocycles. The zero-order valence-corrected chi connectivity index (χ0v) is 15.7. The first-order chi connectivity index (χ1) is 12.0. The van der Waals surface area contributed by atoms with Crippen LogP contribution in [0.3, 0.4) is 0 Å². The van der Waals surface area contributed by atoms with Crippen LogP contribution in [-0.4, -0.2) is 24.5 Å². The zero-order chi connectivity index (χ0) is 17.6. The van der Waals surface area contributed by atoms with Crippen LogP contribution in [0, 0.1) is 0 Å². The molecule has 1 aromatic heterocycles. The molecule has 3 heterocycles. The lowest BCUT2D eigenvalue weighted by Crippen LogP contribution is -2.35. The highest BCUT2D eigenvalue weighted by atomic mass is 32.2.